The molecule has 1 aromatic rings. The number of hydrogen-bond donors (Lipinski definition) is 2. The largest absolute Gasteiger partial charge is 0.573 e. The fraction of sp³-hybridized carbons (Fsp3) is 0.429. The minimum atomic E-state index is -4.74. The minimum absolute atomic E-state index is 0.0449. The number of aliphatic carboxylic acids is 1. The van der Waals surface area contributed by atoms with Gasteiger partial charge in [0, 0.05) is 6.42 Å². The number of carboxylic acids is 1. The summed E-state index contributed by atoms with van der Waals surface area (Å²) >= 11 is 0. The Morgan fingerprint density at radius 2 is 1.86 bits per heavy atom. The quantitative estimate of drug-likeness (QED) is 0.809. The molecular weight excluding hydrogens is 303 g/mol. The van der Waals surface area contributed by atoms with Crippen molar-refractivity contribution in [3.8, 4) is 5.75 Å². The molecular formula is C14H16F3NO4. The van der Waals surface area contributed by atoms with E-state index in [1.807, 2.05) is 0 Å². The van der Waals surface area contributed by atoms with Crippen LogP contribution in [0.1, 0.15) is 25.3 Å². The first kappa shape index (κ1) is 17.8. The van der Waals surface area contributed by atoms with Gasteiger partial charge in [0.05, 0.1) is 0 Å². The molecule has 22 heavy (non-hydrogen) atoms. The lowest BCUT2D eigenvalue weighted by Gasteiger charge is -2.12. The van der Waals surface area contributed by atoms with E-state index in [1.54, 1.807) is 6.92 Å². The van der Waals surface area contributed by atoms with Crippen LogP contribution >= 0.6 is 0 Å². The third-order valence-corrected chi connectivity index (χ3v) is 2.84. The van der Waals surface area contributed by atoms with Crippen LogP contribution in [0.4, 0.5) is 13.2 Å². The monoisotopic (exact) mass is 319 g/mol. The van der Waals surface area contributed by atoms with Gasteiger partial charge in [-0.15, -0.1) is 13.2 Å². The third-order valence-electron chi connectivity index (χ3n) is 2.84. The molecule has 0 bridgehead atoms. The number of amides is 1. The van der Waals surface area contributed by atoms with Crippen LogP contribution in [0.2, 0.25) is 0 Å². The number of rotatable bonds is 7. The van der Waals surface area contributed by atoms with Crippen molar-refractivity contribution in [2.75, 3.05) is 0 Å². The van der Waals surface area contributed by atoms with E-state index in [0.717, 1.165) is 12.1 Å². The second-order valence-corrected chi connectivity index (χ2v) is 4.56. The molecule has 0 aliphatic carbocycles. The maximum atomic E-state index is 12.0. The number of ether oxygens (including phenoxy) is 1. The lowest BCUT2D eigenvalue weighted by Crippen LogP contribution is -2.40. The van der Waals surface area contributed by atoms with Gasteiger partial charge in [0.1, 0.15) is 11.8 Å². The molecule has 0 fully saturated rings. The van der Waals surface area contributed by atoms with E-state index in [9.17, 15) is 22.8 Å². The Morgan fingerprint density at radius 1 is 1.27 bits per heavy atom. The standard InChI is InChI=1S/C14H16F3NO4/c1-2-11(13(20)21)18-12(19)8-5-9-3-6-10(7-4-9)22-14(15,16)17/h3-4,6-7,11H,2,5,8H2,1H3,(H,18,19)(H,20,21). The van der Waals surface area contributed by atoms with E-state index in [4.69, 9.17) is 5.11 Å². The van der Waals surface area contributed by atoms with Crippen LogP contribution in [0, 0.1) is 0 Å². The van der Waals surface area contributed by atoms with Crippen LogP contribution in [0.25, 0.3) is 0 Å². The first-order valence-corrected chi connectivity index (χ1v) is 6.58. The number of benzene rings is 1. The summed E-state index contributed by atoms with van der Waals surface area (Å²) in [5.41, 5.74) is 0.646. The van der Waals surface area contributed by atoms with Gasteiger partial charge in [-0.05, 0) is 30.5 Å². The molecule has 5 nitrogen and oxygen atoms in total. The highest BCUT2D eigenvalue weighted by Gasteiger charge is 2.30. The van der Waals surface area contributed by atoms with Gasteiger partial charge in [0.25, 0.3) is 0 Å². The van der Waals surface area contributed by atoms with Crippen LogP contribution in [0.5, 0.6) is 5.75 Å². The molecule has 0 saturated carbocycles. The zero-order valence-corrected chi connectivity index (χ0v) is 11.8. The van der Waals surface area contributed by atoms with E-state index >= 15 is 0 Å². The number of carbonyl (C=O) groups is 2. The predicted molar refractivity (Wildman–Crippen MR) is 71.3 cm³/mol. The fourth-order valence-corrected chi connectivity index (χ4v) is 1.72. The molecule has 1 rings (SSSR count). The van der Waals surface area contributed by atoms with Crippen molar-refractivity contribution in [2.45, 2.75) is 38.6 Å². The normalized spacial score (nSPS) is 12.5. The van der Waals surface area contributed by atoms with Crippen molar-refractivity contribution in [1.29, 1.82) is 0 Å². The molecule has 0 aliphatic rings. The maximum Gasteiger partial charge on any atom is 0.573 e. The van der Waals surface area contributed by atoms with E-state index in [-0.39, 0.29) is 25.0 Å². The number of carboxylic acid groups (broad SMARTS) is 1. The van der Waals surface area contributed by atoms with Crippen molar-refractivity contribution in [2.24, 2.45) is 0 Å². The van der Waals surface area contributed by atoms with Gasteiger partial charge in [0.15, 0.2) is 0 Å². The van der Waals surface area contributed by atoms with Gasteiger partial charge < -0.3 is 15.2 Å². The summed E-state index contributed by atoms with van der Waals surface area (Å²) in [7, 11) is 0. The average Bonchev–Trinajstić information content (AvgIpc) is 2.42. The Labute approximate surface area is 125 Å². The minimum Gasteiger partial charge on any atom is -0.480 e. The molecule has 8 heteroatoms. The molecule has 0 heterocycles. The van der Waals surface area contributed by atoms with E-state index < -0.39 is 24.3 Å². The first-order chi connectivity index (χ1) is 10.2. The van der Waals surface area contributed by atoms with Gasteiger partial charge in [-0.3, -0.25) is 4.79 Å². The lowest BCUT2D eigenvalue weighted by atomic mass is 10.1. The second-order valence-electron chi connectivity index (χ2n) is 4.56. The Balaban J connectivity index is 2.48. The highest BCUT2D eigenvalue weighted by Crippen LogP contribution is 2.22. The highest BCUT2D eigenvalue weighted by molar-refractivity contribution is 5.83. The van der Waals surface area contributed by atoms with Gasteiger partial charge in [-0.2, -0.15) is 0 Å². The SMILES string of the molecule is CCC(NC(=O)CCc1ccc(OC(F)(F)F)cc1)C(=O)O. The Hall–Kier alpha value is -2.25. The van der Waals surface area contributed by atoms with Crippen molar-refractivity contribution < 1.29 is 32.6 Å². The van der Waals surface area contributed by atoms with Gasteiger partial charge >= 0.3 is 12.3 Å². The molecule has 0 saturated heterocycles. The van der Waals surface area contributed by atoms with E-state index in [1.165, 1.54) is 12.1 Å². The average molecular weight is 319 g/mol. The maximum absolute atomic E-state index is 12.0. The van der Waals surface area contributed by atoms with Gasteiger partial charge in [0.2, 0.25) is 5.91 Å². The second kappa shape index (κ2) is 7.67. The zero-order chi connectivity index (χ0) is 16.8. The lowest BCUT2D eigenvalue weighted by molar-refractivity contribution is -0.274. The van der Waals surface area contributed by atoms with Gasteiger partial charge in [-0.1, -0.05) is 19.1 Å². The smallest absolute Gasteiger partial charge is 0.480 e. The van der Waals surface area contributed by atoms with Crippen molar-refractivity contribution in [3.05, 3.63) is 29.8 Å². The van der Waals surface area contributed by atoms with E-state index in [2.05, 4.69) is 10.1 Å². The molecule has 0 aromatic heterocycles. The summed E-state index contributed by atoms with van der Waals surface area (Å²) in [6.07, 6.45) is -4.14. The molecule has 0 radical (unpaired) electrons. The molecule has 2 N–H and O–H groups in total. The van der Waals surface area contributed by atoms with Crippen molar-refractivity contribution in [1.82, 2.24) is 5.32 Å². The fourth-order valence-electron chi connectivity index (χ4n) is 1.72. The Bertz CT molecular complexity index is 514. The summed E-state index contributed by atoms with van der Waals surface area (Å²) in [5.74, 6) is -1.87. The summed E-state index contributed by atoms with van der Waals surface area (Å²) in [6, 6.07) is 4.22. The molecule has 1 aromatic carbocycles. The van der Waals surface area contributed by atoms with Crippen LogP contribution in [0.3, 0.4) is 0 Å². The first-order valence-electron chi connectivity index (χ1n) is 6.58. The summed E-state index contributed by atoms with van der Waals surface area (Å²) < 4.78 is 39.7. The number of carbonyl (C=O) groups excluding carboxylic acids is 1. The Morgan fingerprint density at radius 3 is 2.32 bits per heavy atom. The number of alkyl halides is 3. The van der Waals surface area contributed by atoms with E-state index in [0.29, 0.717) is 5.56 Å². The third kappa shape index (κ3) is 6.47. The number of hydrogen-bond acceptors (Lipinski definition) is 3. The summed E-state index contributed by atoms with van der Waals surface area (Å²) in [4.78, 5) is 22.4. The van der Waals surface area contributed by atoms with Gasteiger partial charge in [-0.25, -0.2) is 4.79 Å². The number of nitrogens with one attached hydrogen (secondary N) is 1. The van der Waals surface area contributed by atoms with Crippen molar-refractivity contribution >= 4 is 11.9 Å². The van der Waals surface area contributed by atoms with Crippen LogP contribution in [-0.2, 0) is 16.0 Å². The predicted octanol–water partition coefficient (Wildman–Crippen LogP) is 2.50. The summed E-state index contributed by atoms with van der Waals surface area (Å²) in [5, 5.41) is 11.2. The molecule has 1 unspecified atom stereocenters. The van der Waals surface area contributed by atoms with Crippen molar-refractivity contribution in [3.63, 3.8) is 0 Å². The molecule has 0 spiro atoms. The molecule has 1 amide bonds. The number of aryl methyl sites for hydroxylation is 1. The highest BCUT2D eigenvalue weighted by atomic mass is 19.4. The topological polar surface area (TPSA) is 75.6 Å². The molecule has 0 aliphatic heterocycles. The van der Waals surface area contributed by atoms with Crippen LogP contribution in [0.15, 0.2) is 24.3 Å². The molecule has 122 valence electrons. The van der Waals surface area contributed by atoms with Crippen LogP contribution in [-0.4, -0.2) is 29.4 Å². The molecule has 1 atom stereocenters. The summed E-state index contributed by atoms with van der Waals surface area (Å²) in [6.45, 7) is 1.64. The Kier molecular flexibility index (Phi) is 6.21. The zero-order valence-electron chi connectivity index (χ0n) is 11.8. The number of halogens is 3. The van der Waals surface area contributed by atoms with Crippen LogP contribution < -0.4 is 10.1 Å².